The number of unbranched alkanes of at least 4 members (excludes halogenated alkanes) is 1. The number of nitrogens with one attached hydrogen (secondary N) is 1. The summed E-state index contributed by atoms with van der Waals surface area (Å²) < 4.78 is 0. The average Bonchev–Trinajstić information content (AvgIpc) is 3.33. The molecule has 1 heterocycles. The third-order valence-electron chi connectivity index (χ3n) is 6.63. The normalized spacial score (nSPS) is 16.6. The van der Waals surface area contributed by atoms with Crippen LogP contribution < -0.4 is 11.1 Å². The highest BCUT2D eigenvalue weighted by Crippen LogP contribution is 2.30. The molecule has 1 aromatic carbocycles. The van der Waals surface area contributed by atoms with Crippen LogP contribution in [0.3, 0.4) is 0 Å². The molecular weight excluding hydrogens is 466 g/mol. The van der Waals surface area contributed by atoms with Crippen molar-refractivity contribution in [2.24, 2.45) is 17.1 Å². The minimum Gasteiger partial charge on any atom is -0.391 e. The number of amides is 1. The average molecular weight is 520 g/mol. The van der Waals surface area contributed by atoms with Crippen molar-refractivity contribution in [2.45, 2.75) is 93.5 Å². The lowest BCUT2D eigenvalue weighted by Crippen LogP contribution is -2.45. The lowest BCUT2D eigenvalue weighted by molar-refractivity contribution is -0.142. The molecule has 0 aliphatic carbocycles. The van der Waals surface area contributed by atoms with Gasteiger partial charge < -0.3 is 16.0 Å². The van der Waals surface area contributed by atoms with E-state index in [2.05, 4.69) is 70.5 Å². The van der Waals surface area contributed by atoms with Gasteiger partial charge in [0.2, 0.25) is 5.91 Å². The van der Waals surface area contributed by atoms with Crippen molar-refractivity contribution in [1.82, 2.24) is 10.2 Å². The molecule has 0 spiro atoms. The number of carbonyl (C=O) groups excluding carboxylic acids is 2. The van der Waals surface area contributed by atoms with Crippen molar-refractivity contribution in [3.05, 3.63) is 41.1 Å². The molecule has 1 saturated heterocycles. The summed E-state index contributed by atoms with van der Waals surface area (Å²) in [7, 11) is 1.97. The van der Waals surface area contributed by atoms with Crippen LogP contribution in [0, 0.1) is 11.3 Å². The Morgan fingerprint density at radius 2 is 1.72 bits per heavy atom. The zero-order valence-corrected chi connectivity index (χ0v) is 25.5. The first kappa shape index (κ1) is 34.2. The van der Waals surface area contributed by atoms with E-state index in [4.69, 9.17) is 5.73 Å². The van der Waals surface area contributed by atoms with E-state index < -0.39 is 0 Å². The molecule has 0 bridgehead atoms. The molecule has 6 heteroatoms. The van der Waals surface area contributed by atoms with Gasteiger partial charge in [0, 0.05) is 30.1 Å². The second-order valence-electron chi connectivity index (χ2n) is 10.5. The van der Waals surface area contributed by atoms with Crippen molar-refractivity contribution >= 4 is 28.4 Å². The number of rotatable bonds is 8. The molecule has 1 aliphatic rings. The molecular formula is C30H53N3O2S. The summed E-state index contributed by atoms with van der Waals surface area (Å²) in [6.45, 7) is 17.5. The van der Waals surface area contributed by atoms with Crippen molar-refractivity contribution in [3.8, 4) is 0 Å². The smallest absolute Gasteiger partial charge is 0.226 e. The van der Waals surface area contributed by atoms with Gasteiger partial charge in [-0.15, -0.1) is 11.8 Å². The SMILES string of the molecule is CC(=O)C1CCCN1C(=O)C(C)C(C)(C)C.CCCCc1ccc(/C(SC)=C(\C)NC)cc1.CCN. The van der Waals surface area contributed by atoms with Crippen LogP contribution in [0.25, 0.3) is 4.91 Å². The molecule has 5 nitrogen and oxygen atoms in total. The molecule has 1 amide bonds. The number of nitrogens with two attached hydrogens (primary N) is 1. The molecule has 0 aromatic heterocycles. The van der Waals surface area contributed by atoms with E-state index in [1.54, 1.807) is 23.6 Å². The Morgan fingerprint density at radius 1 is 1.17 bits per heavy atom. The third kappa shape index (κ3) is 11.5. The molecule has 1 aromatic rings. The molecule has 0 saturated carbocycles. The number of carbonyl (C=O) groups is 2. The van der Waals surface area contributed by atoms with Crippen LogP contribution in [0.1, 0.15) is 92.2 Å². The van der Waals surface area contributed by atoms with E-state index in [9.17, 15) is 9.59 Å². The third-order valence-corrected chi connectivity index (χ3v) is 7.58. The number of hydrogen-bond acceptors (Lipinski definition) is 5. The van der Waals surface area contributed by atoms with E-state index in [0.29, 0.717) is 0 Å². The van der Waals surface area contributed by atoms with Gasteiger partial charge in [0.1, 0.15) is 0 Å². The first-order chi connectivity index (χ1) is 16.9. The number of nitrogens with zero attached hydrogens (tertiary/aromatic N) is 1. The van der Waals surface area contributed by atoms with E-state index in [1.807, 2.05) is 20.9 Å². The molecule has 2 rings (SSSR count). The zero-order valence-electron chi connectivity index (χ0n) is 24.7. The summed E-state index contributed by atoms with van der Waals surface area (Å²) in [4.78, 5) is 26.8. The second-order valence-corrected chi connectivity index (χ2v) is 11.3. The van der Waals surface area contributed by atoms with Gasteiger partial charge in [0.25, 0.3) is 0 Å². The standard InChI is InChI=1S/C15H23NS.C13H23NO2.C2H7N/c1-5-6-7-13-8-10-14(11-9-13)15(17-4)12(2)16-3;1-9(13(3,4)5)12(16)14-8-6-7-11(14)10(2)15;1-2-3/h8-11,16H,5-7H2,1-4H3;9,11H,6-8H2,1-5H3;2-3H2,1H3/b15-12-;;. The van der Waals surface area contributed by atoms with Crippen LogP contribution in [0.15, 0.2) is 30.0 Å². The molecule has 2 atom stereocenters. The predicted molar refractivity (Wildman–Crippen MR) is 159 cm³/mol. The van der Waals surface area contributed by atoms with Crippen LogP contribution >= 0.6 is 11.8 Å². The first-order valence-electron chi connectivity index (χ1n) is 13.4. The minimum atomic E-state index is -0.169. The van der Waals surface area contributed by atoms with Gasteiger partial charge in [-0.2, -0.15) is 0 Å². The molecule has 1 fully saturated rings. The Hall–Kier alpha value is -1.79. The number of ketones is 1. The Balaban J connectivity index is 0.000000614. The molecule has 3 N–H and O–H groups in total. The lowest BCUT2D eigenvalue weighted by atomic mass is 9.81. The van der Waals surface area contributed by atoms with Gasteiger partial charge in [-0.1, -0.05) is 72.2 Å². The maximum Gasteiger partial charge on any atom is 0.226 e. The fourth-order valence-electron chi connectivity index (χ4n) is 3.88. The minimum absolute atomic E-state index is 0.0348. The maximum atomic E-state index is 12.3. The largest absolute Gasteiger partial charge is 0.391 e. The van der Waals surface area contributed by atoms with Crippen molar-refractivity contribution in [2.75, 3.05) is 26.4 Å². The van der Waals surface area contributed by atoms with Crippen molar-refractivity contribution in [1.29, 1.82) is 0 Å². The summed E-state index contributed by atoms with van der Waals surface area (Å²) in [5.41, 5.74) is 8.79. The Kier molecular flexibility index (Phi) is 16.8. The van der Waals surface area contributed by atoms with Crippen LogP contribution in [0.5, 0.6) is 0 Å². The highest BCUT2D eigenvalue weighted by molar-refractivity contribution is 8.07. The summed E-state index contributed by atoms with van der Waals surface area (Å²) in [6.07, 6.45) is 7.64. The predicted octanol–water partition coefficient (Wildman–Crippen LogP) is 6.51. The highest BCUT2D eigenvalue weighted by atomic mass is 32.2. The number of thioether (sulfide) groups is 1. The van der Waals surface area contributed by atoms with Gasteiger partial charge >= 0.3 is 0 Å². The fourth-order valence-corrected chi connectivity index (χ4v) is 4.66. The van der Waals surface area contributed by atoms with E-state index in [0.717, 1.165) is 25.9 Å². The van der Waals surface area contributed by atoms with E-state index in [1.165, 1.54) is 41.0 Å². The number of Topliss-reactive ketones (excluding diaryl/α,β-unsaturated/α-hetero) is 1. The van der Waals surface area contributed by atoms with Gasteiger partial charge in [0.05, 0.1) is 6.04 Å². The van der Waals surface area contributed by atoms with Crippen molar-refractivity contribution in [3.63, 3.8) is 0 Å². The second kappa shape index (κ2) is 17.6. The monoisotopic (exact) mass is 519 g/mol. The molecule has 2 unspecified atom stereocenters. The Labute approximate surface area is 226 Å². The van der Waals surface area contributed by atoms with Crippen LogP contribution in [0.2, 0.25) is 0 Å². The molecule has 206 valence electrons. The van der Waals surface area contributed by atoms with Crippen LogP contribution in [-0.2, 0) is 16.0 Å². The highest BCUT2D eigenvalue weighted by Gasteiger charge is 2.37. The van der Waals surface area contributed by atoms with Crippen LogP contribution in [0.4, 0.5) is 0 Å². The number of benzene rings is 1. The van der Waals surface area contributed by atoms with Gasteiger partial charge in [-0.05, 0) is 68.9 Å². The number of hydrogen-bond donors (Lipinski definition) is 2. The van der Waals surface area contributed by atoms with Gasteiger partial charge in [0.15, 0.2) is 5.78 Å². The van der Waals surface area contributed by atoms with Gasteiger partial charge in [-0.3, -0.25) is 9.59 Å². The summed E-state index contributed by atoms with van der Waals surface area (Å²) in [6, 6.07) is 8.81. The van der Waals surface area contributed by atoms with E-state index in [-0.39, 0.29) is 29.1 Å². The fraction of sp³-hybridized carbons (Fsp3) is 0.667. The number of aryl methyl sites for hydroxylation is 1. The quantitative estimate of drug-likeness (QED) is 0.409. The van der Waals surface area contributed by atoms with Gasteiger partial charge in [-0.25, -0.2) is 0 Å². The topological polar surface area (TPSA) is 75.4 Å². The Morgan fingerprint density at radius 3 is 2.14 bits per heavy atom. The van der Waals surface area contributed by atoms with Crippen LogP contribution in [-0.4, -0.2) is 49.0 Å². The Bertz CT molecular complexity index is 812. The van der Waals surface area contributed by atoms with E-state index >= 15 is 0 Å². The van der Waals surface area contributed by atoms with Crippen molar-refractivity contribution < 1.29 is 9.59 Å². The summed E-state index contributed by atoms with van der Waals surface area (Å²) >= 11 is 1.80. The first-order valence-corrected chi connectivity index (χ1v) is 14.6. The summed E-state index contributed by atoms with van der Waals surface area (Å²) in [5.74, 6) is 0.213. The lowest BCUT2D eigenvalue weighted by Gasteiger charge is -2.32. The number of allylic oxidation sites excluding steroid dienone is 1. The zero-order chi connectivity index (χ0) is 27.9. The molecule has 0 radical (unpaired) electrons. The number of likely N-dealkylation sites (tertiary alicyclic amines) is 1. The summed E-state index contributed by atoms with van der Waals surface area (Å²) in [5, 5.41) is 3.22. The molecule has 1 aliphatic heterocycles. The molecule has 36 heavy (non-hydrogen) atoms. The maximum absolute atomic E-state index is 12.3.